The van der Waals surface area contributed by atoms with Gasteiger partial charge in [0.05, 0.1) is 7.11 Å². The maximum atomic E-state index is 5.99. The van der Waals surface area contributed by atoms with E-state index in [1.54, 1.807) is 7.11 Å². The number of hydrogen-bond donors (Lipinski definition) is 1. The van der Waals surface area contributed by atoms with E-state index in [-0.39, 0.29) is 5.54 Å². The summed E-state index contributed by atoms with van der Waals surface area (Å²) in [6.45, 7) is 2.79. The van der Waals surface area contributed by atoms with Crippen LogP contribution in [0.5, 0.6) is 5.75 Å². The highest BCUT2D eigenvalue weighted by Gasteiger charge is 2.25. The average Bonchev–Trinajstić information content (AvgIpc) is 2.41. The van der Waals surface area contributed by atoms with Crippen molar-refractivity contribution in [1.29, 1.82) is 0 Å². The quantitative estimate of drug-likeness (QED) is 0.770. The highest BCUT2D eigenvalue weighted by Crippen LogP contribution is 2.20. The lowest BCUT2D eigenvalue weighted by Gasteiger charge is -2.30. The van der Waals surface area contributed by atoms with E-state index >= 15 is 0 Å². The summed E-state index contributed by atoms with van der Waals surface area (Å²) < 4.78 is 5.31. The Morgan fingerprint density at radius 3 is 2.41 bits per heavy atom. The van der Waals surface area contributed by atoms with Gasteiger partial charge < -0.3 is 10.1 Å². The Kier molecular flexibility index (Phi) is 6.10. The van der Waals surface area contributed by atoms with Crippen LogP contribution >= 0.6 is 23.2 Å². The normalized spacial score (nSPS) is 11.5. The van der Waals surface area contributed by atoms with E-state index in [1.807, 2.05) is 24.3 Å². The second-order valence-corrected chi connectivity index (χ2v) is 4.60. The molecule has 0 aliphatic heterocycles. The largest absolute Gasteiger partial charge is 0.496 e. The summed E-state index contributed by atoms with van der Waals surface area (Å²) in [7, 11) is 1.68. The predicted octanol–water partition coefficient (Wildman–Crippen LogP) is 3.41. The number of rotatable bonds is 7. The summed E-state index contributed by atoms with van der Waals surface area (Å²) in [6.07, 6.45) is 0.898. The molecule has 0 amide bonds. The van der Waals surface area contributed by atoms with Crippen LogP contribution in [0, 0.1) is 0 Å². The van der Waals surface area contributed by atoms with E-state index in [0.717, 1.165) is 17.7 Å². The van der Waals surface area contributed by atoms with Gasteiger partial charge >= 0.3 is 0 Å². The molecule has 1 rings (SSSR count). The summed E-state index contributed by atoms with van der Waals surface area (Å²) in [5, 5.41) is 3.43. The Bertz CT molecular complexity index is 332. The van der Waals surface area contributed by atoms with Crippen molar-refractivity contribution >= 4 is 23.2 Å². The fourth-order valence-corrected chi connectivity index (χ4v) is 2.43. The number of ether oxygens (including phenoxy) is 1. The van der Waals surface area contributed by atoms with Crippen molar-refractivity contribution in [3.05, 3.63) is 29.8 Å². The third kappa shape index (κ3) is 3.77. The van der Waals surface area contributed by atoms with Gasteiger partial charge in [-0.15, -0.1) is 23.2 Å². The van der Waals surface area contributed by atoms with Gasteiger partial charge in [0.25, 0.3) is 0 Å². The van der Waals surface area contributed by atoms with Gasteiger partial charge in [-0.1, -0.05) is 25.1 Å². The highest BCUT2D eigenvalue weighted by atomic mass is 35.5. The Hall–Kier alpha value is -0.440. The molecule has 0 heterocycles. The number of methoxy groups -OCH3 is 1. The van der Waals surface area contributed by atoms with E-state index in [2.05, 4.69) is 12.2 Å². The van der Waals surface area contributed by atoms with Crippen LogP contribution in [0.4, 0.5) is 0 Å². The Morgan fingerprint density at radius 1 is 1.24 bits per heavy atom. The molecule has 0 aromatic heterocycles. The van der Waals surface area contributed by atoms with Crippen LogP contribution in [-0.2, 0) is 6.54 Å². The first-order chi connectivity index (χ1) is 8.21. The van der Waals surface area contributed by atoms with Crippen molar-refractivity contribution in [1.82, 2.24) is 5.32 Å². The molecule has 0 aliphatic rings. The number of benzene rings is 1. The van der Waals surface area contributed by atoms with Gasteiger partial charge in [0.2, 0.25) is 0 Å². The minimum Gasteiger partial charge on any atom is -0.496 e. The number of halogens is 2. The van der Waals surface area contributed by atoms with Crippen LogP contribution in [0.2, 0.25) is 0 Å². The van der Waals surface area contributed by atoms with Crippen molar-refractivity contribution < 1.29 is 4.74 Å². The first-order valence-electron chi connectivity index (χ1n) is 5.70. The summed E-state index contributed by atoms with van der Waals surface area (Å²) >= 11 is 12.0. The van der Waals surface area contributed by atoms with Crippen molar-refractivity contribution in [2.24, 2.45) is 0 Å². The molecule has 0 atom stereocenters. The van der Waals surface area contributed by atoms with Crippen LogP contribution in [0.1, 0.15) is 18.9 Å². The molecule has 1 aromatic rings. The zero-order chi connectivity index (χ0) is 12.7. The molecular weight excluding hydrogens is 257 g/mol. The van der Waals surface area contributed by atoms with Crippen LogP contribution in [0.15, 0.2) is 24.3 Å². The molecule has 0 radical (unpaired) electrons. The van der Waals surface area contributed by atoms with Crippen molar-refractivity contribution in [2.45, 2.75) is 25.4 Å². The van der Waals surface area contributed by atoms with Crippen molar-refractivity contribution in [3.8, 4) is 5.75 Å². The fraction of sp³-hybridized carbons (Fsp3) is 0.538. The molecule has 0 saturated heterocycles. The first kappa shape index (κ1) is 14.6. The van der Waals surface area contributed by atoms with Gasteiger partial charge in [-0.3, -0.25) is 0 Å². The molecule has 0 spiro atoms. The molecule has 1 N–H and O–H groups in total. The lowest BCUT2D eigenvalue weighted by atomic mass is 10.0. The van der Waals surface area contributed by atoms with Gasteiger partial charge in [-0.05, 0) is 12.5 Å². The molecule has 17 heavy (non-hydrogen) atoms. The van der Waals surface area contributed by atoms with E-state index < -0.39 is 0 Å². The smallest absolute Gasteiger partial charge is 0.123 e. The zero-order valence-corrected chi connectivity index (χ0v) is 11.8. The van der Waals surface area contributed by atoms with Crippen LogP contribution in [0.25, 0.3) is 0 Å². The number of nitrogens with one attached hydrogen (secondary N) is 1. The maximum absolute atomic E-state index is 5.99. The number of para-hydroxylation sites is 1. The summed E-state index contributed by atoms with van der Waals surface area (Å²) in [5.74, 6) is 1.89. The molecule has 96 valence electrons. The minimum absolute atomic E-state index is 0.204. The molecular formula is C13H19Cl2NO. The number of alkyl halides is 2. The van der Waals surface area contributed by atoms with E-state index in [4.69, 9.17) is 27.9 Å². The molecule has 2 nitrogen and oxygen atoms in total. The highest BCUT2D eigenvalue weighted by molar-refractivity contribution is 6.22. The van der Waals surface area contributed by atoms with Crippen LogP contribution < -0.4 is 10.1 Å². The van der Waals surface area contributed by atoms with Crippen LogP contribution in [0.3, 0.4) is 0 Å². The molecule has 0 bridgehead atoms. The third-order valence-electron chi connectivity index (χ3n) is 3.03. The second-order valence-electron chi connectivity index (χ2n) is 4.07. The summed E-state index contributed by atoms with van der Waals surface area (Å²) in [4.78, 5) is 0. The molecule has 1 aromatic carbocycles. The third-order valence-corrected chi connectivity index (χ3v) is 4.06. The van der Waals surface area contributed by atoms with Gasteiger partial charge in [0, 0.05) is 29.4 Å². The van der Waals surface area contributed by atoms with Gasteiger partial charge in [-0.25, -0.2) is 0 Å². The van der Waals surface area contributed by atoms with Gasteiger partial charge in [0.15, 0.2) is 0 Å². The average molecular weight is 276 g/mol. The molecule has 0 saturated carbocycles. The minimum atomic E-state index is -0.204. The van der Waals surface area contributed by atoms with Gasteiger partial charge in [-0.2, -0.15) is 0 Å². The first-order valence-corrected chi connectivity index (χ1v) is 6.77. The lowest BCUT2D eigenvalue weighted by molar-refractivity contribution is 0.372. The van der Waals surface area contributed by atoms with E-state index in [0.29, 0.717) is 18.3 Å². The Balaban J connectivity index is 2.71. The molecule has 0 aliphatic carbocycles. The predicted molar refractivity (Wildman–Crippen MR) is 74.3 cm³/mol. The molecule has 0 fully saturated rings. The Morgan fingerprint density at radius 2 is 1.88 bits per heavy atom. The van der Waals surface area contributed by atoms with E-state index in [1.165, 1.54) is 0 Å². The SMILES string of the molecule is CCC(CCl)(CCl)NCc1ccccc1OC. The lowest BCUT2D eigenvalue weighted by Crippen LogP contribution is -2.47. The fourth-order valence-electron chi connectivity index (χ4n) is 1.58. The van der Waals surface area contributed by atoms with Crippen molar-refractivity contribution in [2.75, 3.05) is 18.9 Å². The molecule has 4 heteroatoms. The monoisotopic (exact) mass is 275 g/mol. The topological polar surface area (TPSA) is 21.3 Å². The van der Waals surface area contributed by atoms with Crippen LogP contribution in [-0.4, -0.2) is 24.4 Å². The maximum Gasteiger partial charge on any atom is 0.123 e. The summed E-state index contributed by atoms with van der Waals surface area (Å²) in [6, 6.07) is 7.94. The van der Waals surface area contributed by atoms with E-state index in [9.17, 15) is 0 Å². The standard InChI is InChI=1S/C13H19Cl2NO/c1-3-13(9-14,10-15)16-8-11-6-4-5-7-12(11)17-2/h4-7,16H,3,8-10H2,1-2H3. The number of hydrogen-bond acceptors (Lipinski definition) is 2. The second kappa shape index (κ2) is 7.10. The van der Waals surface area contributed by atoms with Crippen molar-refractivity contribution in [3.63, 3.8) is 0 Å². The van der Waals surface area contributed by atoms with Gasteiger partial charge in [0.1, 0.15) is 5.75 Å². The zero-order valence-electron chi connectivity index (χ0n) is 10.3. The Labute approximate surface area is 113 Å². The molecule has 0 unspecified atom stereocenters. The summed E-state index contributed by atoms with van der Waals surface area (Å²) in [5.41, 5.74) is 0.910.